The van der Waals surface area contributed by atoms with Gasteiger partial charge in [0.25, 0.3) is 0 Å². The molecule has 0 aliphatic heterocycles. The van der Waals surface area contributed by atoms with Crippen LogP contribution in [-0.2, 0) is 25.5 Å². The molecule has 0 heterocycles. The largest absolute Gasteiger partial charge is 0.493 e. The Morgan fingerprint density at radius 1 is 0.957 bits per heavy atom. The molecular formula is C35H47N3O8. The van der Waals surface area contributed by atoms with Gasteiger partial charge >= 0.3 is 5.97 Å². The average Bonchev–Trinajstić information content (AvgIpc) is 3.29. The van der Waals surface area contributed by atoms with Crippen LogP contribution in [0.3, 0.4) is 0 Å². The molecule has 2 aliphatic carbocycles. The van der Waals surface area contributed by atoms with Crippen molar-refractivity contribution in [3.8, 4) is 28.4 Å². The highest BCUT2D eigenvalue weighted by Gasteiger charge is 2.35. The van der Waals surface area contributed by atoms with E-state index in [9.17, 15) is 19.2 Å². The molecule has 2 aromatic carbocycles. The van der Waals surface area contributed by atoms with E-state index in [1.807, 2.05) is 12.1 Å². The fourth-order valence-electron chi connectivity index (χ4n) is 6.80. The Labute approximate surface area is 270 Å². The lowest BCUT2D eigenvalue weighted by atomic mass is 9.71. The van der Waals surface area contributed by atoms with Crippen LogP contribution in [0.4, 0.5) is 5.69 Å². The predicted octanol–water partition coefficient (Wildman–Crippen LogP) is 4.68. The van der Waals surface area contributed by atoms with Gasteiger partial charge < -0.3 is 34.9 Å². The number of hydrogen-bond donors (Lipinski definition) is 3. The van der Waals surface area contributed by atoms with E-state index < -0.39 is 6.04 Å². The van der Waals surface area contributed by atoms with Crippen LogP contribution in [0.15, 0.2) is 29.1 Å². The van der Waals surface area contributed by atoms with Crippen LogP contribution in [0.5, 0.6) is 17.2 Å². The van der Waals surface area contributed by atoms with Crippen LogP contribution >= 0.6 is 0 Å². The second-order valence-electron chi connectivity index (χ2n) is 12.2. The standard InChI is InChI=1S/C35H47N3O8/c1-22(39)38-26-13-11-23-18-29(43-2)33(45-4)34(46-5)32(23)24-12-14-27(28(40)19-25(24)26)36-17-9-10-30(41)37-21-35(20-31(42)44-3)15-7-6-8-16-35/h12,14,18-19,26H,6-11,13,15-17,20-21H2,1-5H3,(H,36,40)(H,37,41)(H,38,39)/t26-/m1/s1. The molecule has 1 atom stereocenters. The second kappa shape index (κ2) is 15.8. The number of benzene rings is 1. The summed E-state index contributed by atoms with van der Waals surface area (Å²) in [5.41, 5.74) is 3.06. The van der Waals surface area contributed by atoms with Gasteiger partial charge in [-0.15, -0.1) is 0 Å². The van der Waals surface area contributed by atoms with Gasteiger partial charge in [-0.2, -0.15) is 0 Å². The predicted molar refractivity (Wildman–Crippen MR) is 176 cm³/mol. The van der Waals surface area contributed by atoms with Crippen molar-refractivity contribution in [1.29, 1.82) is 0 Å². The minimum absolute atomic E-state index is 0.0875. The summed E-state index contributed by atoms with van der Waals surface area (Å²) in [5, 5.41) is 9.26. The minimum Gasteiger partial charge on any atom is -0.493 e. The first kappa shape index (κ1) is 34.6. The Hall–Kier alpha value is -4.28. The third kappa shape index (κ3) is 8.10. The quantitative estimate of drug-likeness (QED) is 0.211. The van der Waals surface area contributed by atoms with Gasteiger partial charge in [0, 0.05) is 32.0 Å². The number of amides is 2. The van der Waals surface area contributed by atoms with Gasteiger partial charge in [0.2, 0.25) is 23.0 Å². The highest BCUT2D eigenvalue weighted by molar-refractivity contribution is 5.84. The van der Waals surface area contributed by atoms with Gasteiger partial charge in [0.05, 0.1) is 46.6 Å². The van der Waals surface area contributed by atoms with Crippen molar-refractivity contribution in [2.45, 2.75) is 77.2 Å². The molecule has 11 heteroatoms. The topological polar surface area (TPSA) is 141 Å². The second-order valence-corrected chi connectivity index (χ2v) is 12.2. The number of hydrogen-bond acceptors (Lipinski definition) is 9. The fraction of sp³-hybridized carbons (Fsp3) is 0.543. The van der Waals surface area contributed by atoms with E-state index in [0.29, 0.717) is 67.3 Å². The zero-order valence-electron chi connectivity index (χ0n) is 27.6. The first-order valence-electron chi connectivity index (χ1n) is 16.0. The molecular weight excluding hydrogens is 590 g/mol. The minimum atomic E-state index is -0.398. The summed E-state index contributed by atoms with van der Waals surface area (Å²) in [5.74, 6) is 0.938. The van der Waals surface area contributed by atoms with Gasteiger partial charge in [-0.25, -0.2) is 0 Å². The van der Waals surface area contributed by atoms with E-state index >= 15 is 0 Å². The van der Waals surface area contributed by atoms with Crippen molar-refractivity contribution in [3.63, 3.8) is 0 Å². The first-order valence-corrected chi connectivity index (χ1v) is 16.0. The molecule has 0 radical (unpaired) electrons. The van der Waals surface area contributed by atoms with Crippen LogP contribution in [0.2, 0.25) is 0 Å². The molecule has 11 nitrogen and oxygen atoms in total. The summed E-state index contributed by atoms with van der Waals surface area (Å²) < 4.78 is 22.0. The van der Waals surface area contributed by atoms with Gasteiger partial charge in [-0.05, 0) is 72.4 Å². The molecule has 1 saturated carbocycles. The number of carbonyl (C=O) groups is 3. The van der Waals surface area contributed by atoms with E-state index in [4.69, 9.17) is 18.9 Å². The molecule has 2 amide bonds. The summed E-state index contributed by atoms with van der Waals surface area (Å²) in [7, 11) is 6.07. The van der Waals surface area contributed by atoms with Crippen molar-refractivity contribution in [1.82, 2.24) is 10.6 Å². The van der Waals surface area contributed by atoms with E-state index in [1.165, 1.54) is 14.0 Å². The lowest BCUT2D eigenvalue weighted by Crippen LogP contribution is -2.40. The monoisotopic (exact) mass is 637 g/mol. The molecule has 1 fully saturated rings. The maximum absolute atomic E-state index is 13.5. The molecule has 0 bridgehead atoms. The van der Waals surface area contributed by atoms with Gasteiger partial charge in [0.15, 0.2) is 11.5 Å². The zero-order chi connectivity index (χ0) is 33.3. The zero-order valence-corrected chi connectivity index (χ0v) is 27.6. The molecule has 4 rings (SSSR count). The Kier molecular flexibility index (Phi) is 11.9. The van der Waals surface area contributed by atoms with Crippen molar-refractivity contribution >= 4 is 23.5 Å². The number of rotatable bonds is 13. The van der Waals surface area contributed by atoms with Crippen molar-refractivity contribution in [2.75, 3.05) is 46.8 Å². The van der Waals surface area contributed by atoms with Crippen LogP contribution in [-0.4, -0.2) is 59.3 Å². The number of anilines is 1. The number of fused-ring (bicyclic) bond motifs is 3. The van der Waals surface area contributed by atoms with Crippen LogP contribution in [0.25, 0.3) is 11.1 Å². The molecule has 250 valence electrons. The SMILES string of the molecule is COC(=O)CC1(CNC(=O)CCCNc2ccc3c(cc2=O)[C@H](NC(C)=O)CCc2cc(OC)c(OC)c(OC)c2-3)CCCCC1. The Balaban J connectivity index is 1.52. The maximum Gasteiger partial charge on any atom is 0.306 e. The molecule has 0 aromatic heterocycles. The van der Waals surface area contributed by atoms with Crippen LogP contribution in [0.1, 0.15) is 81.9 Å². The molecule has 0 spiro atoms. The van der Waals surface area contributed by atoms with Crippen molar-refractivity contribution < 1.29 is 33.3 Å². The molecule has 0 unspecified atom stereocenters. The number of nitrogens with one attached hydrogen (secondary N) is 3. The van der Waals surface area contributed by atoms with Crippen molar-refractivity contribution in [2.24, 2.45) is 5.41 Å². The molecule has 2 aromatic rings. The summed E-state index contributed by atoms with van der Waals surface area (Å²) in [6, 6.07) is 6.68. The normalized spacial score (nSPS) is 16.5. The Morgan fingerprint density at radius 3 is 2.35 bits per heavy atom. The number of carbonyl (C=O) groups excluding carboxylic acids is 3. The molecule has 3 N–H and O–H groups in total. The van der Waals surface area contributed by atoms with Gasteiger partial charge in [0.1, 0.15) is 0 Å². The van der Waals surface area contributed by atoms with Crippen LogP contribution < -0.4 is 35.6 Å². The third-order valence-corrected chi connectivity index (χ3v) is 9.13. The smallest absolute Gasteiger partial charge is 0.306 e. The van der Waals surface area contributed by atoms with E-state index in [2.05, 4.69) is 16.0 Å². The number of methoxy groups -OCH3 is 4. The molecule has 0 saturated heterocycles. The maximum atomic E-state index is 13.5. The van der Waals surface area contributed by atoms with E-state index in [0.717, 1.165) is 48.8 Å². The highest BCUT2D eigenvalue weighted by atomic mass is 16.5. The molecule has 46 heavy (non-hydrogen) atoms. The Morgan fingerprint density at radius 2 is 1.70 bits per heavy atom. The summed E-state index contributed by atoms with van der Waals surface area (Å²) >= 11 is 0. The highest BCUT2D eigenvalue weighted by Crippen LogP contribution is 2.50. The molecule has 2 aliphatic rings. The average molecular weight is 638 g/mol. The fourth-order valence-corrected chi connectivity index (χ4v) is 6.80. The lowest BCUT2D eigenvalue weighted by molar-refractivity contribution is -0.144. The summed E-state index contributed by atoms with van der Waals surface area (Å²) in [4.78, 5) is 50.5. The first-order chi connectivity index (χ1) is 22.1. The summed E-state index contributed by atoms with van der Waals surface area (Å²) in [6.07, 6.45) is 7.29. The lowest BCUT2D eigenvalue weighted by Gasteiger charge is -2.36. The van der Waals surface area contributed by atoms with Crippen LogP contribution in [0, 0.1) is 5.41 Å². The van der Waals surface area contributed by atoms with E-state index in [-0.39, 0.29) is 35.0 Å². The summed E-state index contributed by atoms with van der Waals surface area (Å²) in [6.45, 7) is 2.32. The number of esters is 1. The Bertz CT molecular complexity index is 1490. The number of ether oxygens (including phenoxy) is 4. The van der Waals surface area contributed by atoms with Gasteiger partial charge in [-0.1, -0.05) is 25.3 Å². The van der Waals surface area contributed by atoms with Gasteiger partial charge in [-0.3, -0.25) is 19.2 Å². The number of aryl methyl sites for hydroxylation is 1. The third-order valence-electron chi connectivity index (χ3n) is 9.13. The van der Waals surface area contributed by atoms with E-state index in [1.54, 1.807) is 33.5 Å². The van der Waals surface area contributed by atoms with Crippen molar-refractivity contribution in [3.05, 3.63) is 45.6 Å².